The molecule has 0 unspecified atom stereocenters. The SMILES string of the molecule is COc1ccc2cc1OCCCN(C(=O)c1cc3nc(C)cc(C(F)(F)F)n3n1)CC(=O)N[C@@H](Cc1ccccc1)C(=O)NCCn1ccnc1-2. The van der Waals surface area contributed by atoms with E-state index in [1.54, 1.807) is 24.5 Å². The number of halogens is 3. The Kier molecular flexibility index (Phi) is 10.2. The maximum Gasteiger partial charge on any atom is 0.433 e. The second kappa shape index (κ2) is 14.9. The third kappa shape index (κ3) is 8.11. The molecular weight excluding hydrogens is 669 g/mol. The average molecular weight is 705 g/mol. The number of fused-ring (bicyclic) bond motifs is 5. The predicted octanol–water partition coefficient (Wildman–Crippen LogP) is 3.70. The zero-order chi connectivity index (χ0) is 36.1. The fourth-order valence-electron chi connectivity index (χ4n) is 5.83. The largest absolute Gasteiger partial charge is 0.493 e. The van der Waals surface area contributed by atoms with E-state index >= 15 is 0 Å². The molecule has 2 aromatic carbocycles. The standard InChI is InChI=1S/C35H35F3N8O5/c1-22-17-29(35(36,37)38)46-30(41-22)20-26(43-46)34(49)45-13-6-16-51-28-19-24(9-10-27(28)50-2)32-39-11-14-44(32)15-12-40-33(48)25(42-31(47)21-45)18-23-7-4-3-5-8-23/h3-5,7-11,14,17,19-20,25H,6,12-13,15-16,18,21H2,1-2H3,(H,40,48)(H,42,47)/t25-/m0/s1. The molecular formula is C35H35F3N8O5. The molecule has 0 fully saturated rings. The third-order valence-electron chi connectivity index (χ3n) is 8.24. The minimum Gasteiger partial charge on any atom is -0.493 e. The lowest BCUT2D eigenvalue weighted by Crippen LogP contribution is -2.51. The van der Waals surface area contributed by atoms with E-state index in [0.717, 1.165) is 28.2 Å². The number of nitrogens with zero attached hydrogens (tertiary/aromatic N) is 6. The molecule has 0 saturated heterocycles. The Labute approximate surface area is 290 Å². The van der Waals surface area contributed by atoms with E-state index in [9.17, 15) is 27.6 Å². The van der Waals surface area contributed by atoms with Crippen molar-refractivity contribution >= 4 is 23.4 Å². The van der Waals surface area contributed by atoms with Crippen LogP contribution in [0.25, 0.3) is 17.0 Å². The Balaban J connectivity index is 1.32. The Morgan fingerprint density at radius 3 is 2.65 bits per heavy atom. The number of benzene rings is 2. The van der Waals surface area contributed by atoms with E-state index < -0.39 is 42.2 Å². The number of imidazole rings is 1. The van der Waals surface area contributed by atoms with Crippen molar-refractivity contribution in [3.8, 4) is 22.9 Å². The number of carbonyl (C=O) groups is 3. The predicted molar refractivity (Wildman–Crippen MR) is 178 cm³/mol. The highest BCUT2D eigenvalue weighted by atomic mass is 19.4. The van der Waals surface area contributed by atoms with Gasteiger partial charge in [-0.15, -0.1) is 0 Å². The second-order valence-corrected chi connectivity index (χ2v) is 11.9. The molecule has 51 heavy (non-hydrogen) atoms. The Bertz CT molecular complexity index is 2050. The van der Waals surface area contributed by atoms with E-state index in [0.29, 0.717) is 28.4 Å². The van der Waals surface area contributed by atoms with Crippen LogP contribution in [0, 0.1) is 6.92 Å². The maximum atomic E-state index is 13.9. The van der Waals surface area contributed by atoms with Crippen molar-refractivity contribution in [3.63, 3.8) is 0 Å². The highest BCUT2D eigenvalue weighted by molar-refractivity contribution is 5.96. The molecule has 6 rings (SSSR count). The van der Waals surface area contributed by atoms with Gasteiger partial charge in [0, 0.05) is 55.8 Å². The zero-order valence-corrected chi connectivity index (χ0v) is 27.8. The number of aromatic nitrogens is 5. The molecule has 16 heteroatoms. The van der Waals surface area contributed by atoms with Crippen molar-refractivity contribution in [1.82, 2.24) is 39.7 Å². The van der Waals surface area contributed by atoms with Gasteiger partial charge in [0.2, 0.25) is 11.8 Å². The number of nitrogens with one attached hydrogen (secondary N) is 2. The van der Waals surface area contributed by atoms with Crippen LogP contribution < -0.4 is 20.1 Å². The summed E-state index contributed by atoms with van der Waals surface area (Å²) >= 11 is 0. The number of alkyl halides is 3. The van der Waals surface area contributed by atoms with Crippen LogP contribution in [0.2, 0.25) is 0 Å². The lowest BCUT2D eigenvalue weighted by Gasteiger charge is -2.24. The lowest BCUT2D eigenvalue weighted by molar-refractivity contribution is -0.142. The van der Waals surface area contributed by atoms with Crippen molar-refractivity contribution in [2.24, 2.45) is 0 Å². The van der Waals surface area contributed by atoms with Crippen molar-refractivity contribution < 1.29 is 37.0 Å². The number of methoxy groups -OCH3 is 1. The van der Waals surface area contributed by atoms with E-state index in [-0.39, 0.29) is 49.6 Å². The number of rotatable bonds is 4. The summed E-state index contributed by atoms with van der Waals surface area (Å²) in [6.45, 7) is 1.53. The number of carbonyl (C=O) groups excluding carboxylic acids is 3. The van der Waals surface area contributed by atoms with Gasteiger partial charge in [-0.1, -0.05) is 30.3 Å². The third-order valence-corrected chi connectivity index (χ3v) is 8.24. The van der Waals surface area contributed by atoms with Crippen LogP contribution in [-0.4, -0.2) is 86.2 Å². The van der Waals surface area contributed by atoms with Crippen LogP contribution >= 0.6 is 0 Å². The van der Waals surface area contributed by atoms with Crippen molar-refractivity contribution in [1.29, 1.82) is 0 Å². The van der Waals surface area contributed by atoms with E-state index in [1.807, 2.05) is 41.0 Å². The minimum absolute atomic E-state index is 0.0410. The molecule has 266 valence electrons. The summed E-state index contributed by atoms with van der Waals surface area (Å²) in [6, 6.07) is 15.5. The number of aryl methyl sites for hydroxylation is 1. The normalized spacial score (nSPS) is 16.3. The molecule has 1 aliphatic rings. The molecule has 2 bridgehead atoms. The fraction of sp³-hybridized carbons (Fsp3) is 0.314. The number of ether oxygens (including phenoxy) is 2. The molecule has 5 aromatic rings. The molecule has 2 N–H and O–H groups in total. The molecule has 4 heterocycles. The molecule has 3 aromatic heterocycles. The summed E-state index contributed by atoms with van der Waals surface area (Å²) in [7, 11) is 1.50. The van der Waals surface area contributed by atoms with Crippen LogP contribution in [0.1, 0.15) is 33.9 Å². The first-order chi connectivity index (χ1) is 24.5. The summed E-state index contributed by atoms with van der Waals surface area (Å²) in [5.74, 6) is -0.375. The second-order valence-electron chi connectivity index (χ2n) is 11.9. The van der Waals surface area contributed by atoms with Crippen LogP contribution in [0.15, 0.2) is 73.1 Å². The maximum absolute atomic E-state index is 13.9. The molecule has 1 aliphatic heterocycles. The van der Waals surface area contributed by atoms with Gasteiger partial charge in [-0.2, -0.15) is 18.3 Å². The van der Waals surface area contributed by atoms with E-state index in [2.05, 4.69) is 25.7 Å². The van der Waals surface area contributed by atoms with Crippen molar-refractivity contribution in [3.05, 3.63) is 95.7 Å². The molecule has 0 radical (unpaired) electrons. The van der Waals surface area contributed by atoms with Gasteiger partial charge < -0.3 is 29.6 Å². The molecule has 0 aliphatic carbocycles. The number of amides is 3. The number of hydrogen-bond donors (Lipinski definition) is 2. The van der Waals surface area contributed by atoms with Crippen LogP contribution in [0.5, 0.6) is 11.5 Å². The highest BCUT2D eigenvalue weighted by Crippen LogP contribution is 2.33. The quantitative estimate of drug-likeness (QED) is 0.288. The van der Waals surface area contributed by atoms with Gasteiger partial charge in [0.25, 0.3) is 5.91 Å². The lowest BCUT2D eigenvalue weighted by atomic mass is 10.1. The first-order valence-electron chi connectivity index (χ1n) is 16.2. The van der Waals surface area contributed by atoms with Gasteiger partial charge >= 0.3 is 6.18 Å². The van der Waals surface area contributed by atoms with Crippen LogP contribution in [0.3, 0.4) is 0 Å². The fourth-order valence-corrected chi connectivity index (χ4v) is 5.83. The molecule has 0 saturated carbocycles. The average Bonchev–Trinajstić information content (AvgIpc) is 3.75. The molecule has 3 amide bonds. The van der Waals surface area contributed by atoms with E-state index in [4.69, 9.17) is 9.47 Å². The Hall–Kier alpha value is -5.93. The summed E-state index contributed by atoms with van der Waals surface area (Å²) in [5, 5.41) is 9.59. The summed E-state index contributed by atoms with van der Waals surface area (Å²) in [4.78, 5) is 50.7. The molecule has 1 atom stereocenters. The van der Waals surface area contributed by atoms with Gasteiger partial charge in [-0.3, -0.25) is 14.4 Å². The summed E-state index contributed by atoms with van der Waals surface area (Å²) < 4.78 is 55.5. The minimum atomic E-state index is -4.76. The Morgan fingerprint density at radius 2 is 1.88 bits per heavy atom. The highest BCUT2D eigenvalue weighted by Gasteiger charge is 2.35. The van der Waals surface area contributed by atoms with Gasteiger partial charge in [0.05, 0.1) is 20.3 Å². The van der Waals surface area contributed by atoms with Crippen molar-refractivity contribution in [2.45, 2.75) is 38.5 Å². The van der Waals surface area contributed by atoms with Gasteiger partial charge in [-0.05, 0) is 43.2 Å². The monoisotopic (exact) mass is 704 g/mol. The van der Waals surface area contributed by atoms with Crippen molar-refractivity contribution in [2.75, 3.05) is 33.4 Å². The Morgan fingerprint density at radius 1 is 1.08 bits per heavy atom. The number of hydrogen-bond acceptors (Lipinski definition) is 8. The first-order valence-corrected chi connectivity index (χ1v) is 16.2. The van der Waals surface area contributed by atoms with Crippen LogP contribution in [-0.2, 0) is 28.7 Å². The molecule has 0 spiro atoms. The van der Waals surface area contributed by atoms with E-state index in [1.165, 1.54) is 14.0 Å². The van der Waals surface area contributed by atoms with Gasteiger partial charge in [0.1, 0.15) is 17.6 Å². The topological polar surface area (TPSA) is 145 Å². The summed E-state index contributed by atoms with van der Waals surface area (Å²) in [6.07, 6.45) is -0.930. The van der Waals surface area contributed by atoms with Gasteiger partial charge in [0.15, 0.2) is 22.8 Å². The summed E-state index contributed by atoms with van der Waals surface area (Å²) in [5.41, 5.74) is 0.0229. The smallest absolute Gasteiger partial charge is 0.433 e. The molecule has 13 nitrogen and oxygen atoms in total. The van der Waals surface area contributed by atoms with Crippen LogP contribution in [0.4, 0.5) is 13.2 Å². The zero-order valence-electron chi connectivity index (χ0n) is 27.8. The first kappa shape index (κ1) is 34.9. The van der Waals surface area contributed by atoms with Gasteiger partial charge in [-0.25, -0.2) is 14.5 Å².